The highest BCUT2D eigenvalue weighted by Gasteiger charge is 2.35. The van der Waals surface area contributed by atoms with Crippen molar-refractivity contribution in [3.8, 4) is 0 Å². The molecule has 5 atom stereocenters. The first-order valence-corrected chi connectivity index (χ1v) is 9.44. The van der Waals surface area contributed by atoms with Crippen molar-refractivity contribution in [1.82, 2.24) is 0 Å². The van der Waals surface area contributed by atoms with Gasteiger partial charge in [0.05, 0.1) is 24.9 Å². The summed E-state index contributed by atoms with van der Waals surface area (Å²) in [7, 11) is 0. The molecule has 1 heterocycles. The van der Waals surface area contributed by atoms with Gasteiger partial charge in [0, 0.05) is 12.5 Å². The summed E-state index contributed by atoms with van der Waals surface area (Å²) in [5, 5.41) is 19.5. The molecule has 0 aliphatic carbocycles. The molecule has 1 fully saturated rings. The lowest BCUT2D eigenvalue weighted by Crippen LogP contribution is -2.48. The van der Waals surface area contributed by atoms with Crippen molar-refractivity contribution in [2.45, 2.75) is 96.4 Å². The first-order valence-electron chi connectivity index (χ1n) is 9.44. The SMILES string of the molecule is CCCCCCOC(=O)/C=C/CC[C@@H](C)O[C@@H]1O[C@@H](C)[C@H](O)C[C@H]1O. The second-order valence-corrected chi connectivity index (χ2v) is 6.73. The van der Waals surface area contributed by atoms with Gasteiger partial charge in [-0.25, -0.2) is 4.79 Å². The quantitative estimate of drug-likeness (QED) is 0.336. The molecule has 0 saturated carbocycles. The Kier molecular flexibility index (Phi) is 11.0. The molecule has 6 nitrogen and oxygen atoms in total. The molecular formula is C19H34O6. The molecular weight excluding hydrogens is 324 g/mol. The van der Waals surface area contributed by atoms with E-state index in [4.69, 9.17) is 14.2 Å². The fourth-order valence-electron chi connectivity index (χ4n) is 2.62. The van der Waals surface area contributed by atoms with E-state index in [1.165, 1.54) is 12.5 Å². The lowest BCUT2D eigenvalue weighted by Gasteiger charge is -2.36. The summed E-state index contributed by atoms with van der Waals surface area (Å²) in [6, 6.07) is 0. The summed E-state index contributed by atoms with van der Waals surface area (Å²) in [5.41, 5.74) is 0. The Hall–Kier alpha value is -0.950. The van der Waals surface area contributed by atoms with Gasteiger partial charge in [-0.05, 0) is 33.1 Å². The van der Waals surface area contributed by atoms with Gasteiger partial charge < -0.3 is 24.4 Å². The summed E-state index contributed by atoms with van der Waals surface area (Å²) < 4.78 is 16.3. The number of aliphatic hydroxyl groups excluding tert-OH is 2. The molecule has 1 saturated heterocycles. The normalized spacial score (nSPS) is 28.2. The summed E-state index contributed by atoms with van der Waals surface area (Å²) in [6.45, 7) is 6.27. The molecule has 1 aliphatic heterocycles. The lowest BCUT2D eigenvalue weighted by molar-refractivity contribution is -0.273. The fraction of sp³-hybridized carbons (Fsp3) is 0.842. The zero-order valence-corrected chi connectivity index (χ0v) is 15.7. The van der Waals surface area contributed by atoms with E-state index in [9.17, 15) is 15.0 Å². The number of carbonyl (C=O) groups excluding carboxylic acids is 1. The average Bonchev–Trinajstić information content (AvgIpc) is 2.56. The van der Waals surface area contributed by atoms with Crippen LogP contribution in [0, 0.1) is 0 Å². The van der Waals surface area contributed by atoms with Gasteiger partial charge in [0.1, 0.15) is 6.10 Å². The van der Waals surface area contributed by atoms with E-state index >= 15 is 0 Å². The molecule has 146 valence electrons. The van der Waals surface area contributed by atoms with E-state index in [-0.39, 0.29) is 24.6 Å². The van der Waals surface area contributed by atoms with Gasteiger partial charge in [-0.2, -0.15) is 0 Å². The maximum atomic E-state index is 11.5. The van der Waals surface area contributed by atoms with Crippen molar-refractivity contribution in [3.63, 3.8) is 0 Å². The van der Waals surface area contributed by atoms with Gasteiger partial charge in [-0.15, -0.1) is 0 Å². The second kappa shape index (κ2) is 12.4. The lowest BCUT2D eigenvalue weighted by atomic mass is 10.0. The fourth-order valence-corrected chi connectivity index (χ4v) is 2.62. The smallest absolute Gasteiger partial charge is 0.330 e. The highest BCUT2D eigenvalue weighted by Crippen LogP contribution is 2.22. The number of hydrogen-bond donors (Lipinski definition) is 2. The summed E-state index contributed by atoms with van der Waals surface area (Å²) in [6.07, 6.45) is 6.50. The number of rotatable bonds is 11. The number of unbranched alkanes of at least 4 members (excludes halogenated alkanes) is 3. The predicted molar refractivity (Wildman–Crippen MR) is 95.0 cm³/mol. The summed E-state index contributed by atoms with van der Waals surface area (Å²) in [5.74, 6) is -0.307. The van der Waals surface area contributed by atoms with Crippen molar-refractivity contribution >= 4 is 5.97 Å². The Morgan fingerprint density at radius 3 is 2.76 bits per heavy atom. The van der Waals surface area contributed by atoms with Gasteiger partial charge >= 0.3 is 5.97 Å². The Bertz CT molecular complexity index is 397. The van der Waals surface area contributed by atoms with Crippen molar-refractivity contribution < 1.29 is 29.2 Å². The molecule has 0 aromatic heterocycles. The minimum absolute atomic E-state index is 0.128. The van der Waals surface area contributed by atoms with Gasteiger partial charge in [0.15, 0.2) is 6.29 Å². The third-order valence-electron chi connectivity index (χ3n) is 4.29. The van der Waals surface area contributed by atoms with Crippen LogP contribution in [0.3, 0.4) is 0 Å². The molecule has 1 rings (SSSR count). The van der Waals surface area contributed by atoms with Crippen molar-refractivity contribution in [2.75, 3.05) is 6.61 Å². The van der Waals surface area contributed by atoms with Gasteiger partial charge in [-0.3, -0.25) is 0 Å². The molecule has 2 N–H and O–H groups in total. The van der Waals surface area contributed by atoms with Crippen molar-refractivity contribution in [3.05, 3.63) is 12.2 Å². The molecule has 6 heteroatoms. The number of ether oxygens (including phenoxy) is 3. The standard InChI is InChI=1S/C19H34O6/c1-4-5-6-9-12-23-18(22)11-8-7-10-14(2)24-19-17(21)13-16(20)15(3)25-19/h8,11,14-17,19-21H,4-7,9-10,12-13H2,1-3H3/b11-8+/t14-,15+,16-,17-,19-/m1/s1. The zero-order chi connectivity index (χ0) is 18.7. The minimum atomic E-state index is -0.827. The molecule has 0 amide bonds. The minimum Gasteiger partial charge on any atom is -0.463 e. The average molecular weight is 358 g/mol. The monoisotopic (exact) mass is 358 g/mol. The van der Waals surface area contributed by atoms with Crippen molar-refractivity contribution in [1.29, 1.82) is 0 Å². The number of esters is 1. The van der Waals surface area contributed by atoms with E-state index in [1.54, 1.807) is 13.0 Å². The maximum Gasteiger partial charge on any atom is 0.330 e. The molecule has 1 aliphatic rings. The van der Waals surface area contributed by atoms with Crippen molar-refractivity contribution in [2.24, 2.45) is 0 Å². The molecule has 0 unspecified atom stereocenters. The van der Waals surface area contributed by atoms with Crippen LogP contribution in [0.4, 0.5) is 0 Å². The van der Waals surface area contributed by atoms with Crippen LogP contribution < -0.4 is 0 Å². The van der Waals surface area contributed by atoms with Gasteiger partial charge in [0.2, 0.25) is 0 Å². The molecule has 0 spiro atoms. The Morgan fingerprint density at radius 1 is 1.28 bits per heavy atom. The topological polar surface area (TPSA) is 85.2 Å². The van der Waals surface area contributed by atoms with E-state index in [1.807, 2.05) is 6.92 Å². The first-order chi connectivity index (χ1) is 11.9. The Labute approximate surface area is 151 Å². The third-order valence-corrected chi connectivity index (χ3v) is 4.29. The second-order valence-electron chi connectivity index (χ2n) is 6.73. The van der Waals surface area contributed by atoms with E-state index in [0.717, 1.165) is 19.3 Å². The highest BCUT2D eigenvalue weighted by molar-refractivity contribution is 5.81. The van der Waals surface area contributed by atoms with E-state index in [2.05, 4.69) is 6.92 Å². The van der Waals surface area contributed by atoms with Crippen LogP contribution >= 0.6 is 0 Å². The molecule has 0 radical (unpaired) electrons. The first kappa shape index (κ1) is 22.1. The predicted octanol–water partition coefficient (Wildman–Crippen LogP) is 2.71. The highest BCUT2D eigenvalue weighted by atomic mass is 16.7. The van der Waals surface area contributed by atoms with Crippen LogP contribution in [-0.4, -0.2) is 53.5 Å². The Morgan fingerprint density at radius 2 is 2.04 bits per heavy atom. The number of carbonyl (C=O) groups is 1. The zero-order valence-electron chi connectivity index (χ0n) is 15.7. The van der Waals surface area contributed by atoms with Crippen LogP contribution in [0.2, 0.25) is 0 Å². The Balaban J connectivity index is 2.15. The van der Waals surface area contributed by atoms with Crippen LogP contribution in [0.15, 0.2) is 12.2 Å². The summed E-state index contributed by atoms with van der Waals surface area (Å²) >= 11 is 0. The molecule has 25 heavy (non-hydrogen) atoms. The molecule has 0 bridgehead atoms. The van der Waals surface area contributed by atoms with Crippen LogP contribution in [0.5, 0.6) is 0 Å². The van der Waals surface area contributed by atoms with Crippen LogP contribution in [0.25, 0.3) is 0 Å². The number of aliphatic hydroxyl groups is 2. The van der Waals surface area contributed by atoms with E-state index in [0.29, 0.717) is 19.4 Å². The van der Waals surface area contributed by atoms with Crippen LogP contribution in [-0.2, 0) is 19.0 Å². The van der Waals surface area contributed by atoms with Gasteiger partial charge in [0.25, 0.3) is 0 Å². The number of allylic oxidation sites excluding steroid dienone is 1. The van der Waals surface area contributed by atoms with Crippen LogP contribution in [0.1, 0.15) is 65.7 Å². The third kappa shape index (κ3) is 9.35. The summed E-state index contributed by atoms with van der Waals surface area (Å²) in [4.78, 5) is 11.5. The molecule has 0 aromatic carbocycles. The van der Waals surface area contributed by atoms with Gasteiger partial charge in [-0.1, -0.05) is 32.3 Å². The largest absolute Gasteiger partial charge is 0.463 e. The number of hydrogen-bond acceptors (Lipinski definition) is 6. The maximum absolute atomic E-state index is 11.5. The molecule has 0 aromatic rings. The van der Waals surface area contributed by atoms with E-state index < -0.39 is 18.5 Å².